The maximum atomic E-state index is 12.3. The minimum Gasteiger partial charge on any atom is -0.481 e. The van der Waals surface area contributed by atoms with Crippen LogP contribution in [0.3, 0.4) is 0 Å². The first-order valence-corrected chi connectivity index (χ1v) is 10.4. The van der Waals surface area contributed by atoms with Crippen LogP contribution < -0.4 is 21.7 Å². The summed E-state index contributed by atoms with van der Waals surface area (Å²) in [5.74, 6) is -1.42. The Morgan fingerprint density at radius 1 is 1.09 bits per heavy atom. The highest BCUT2D eigenvalue weighted by atomic mass is 16.8. The molecule has 2 aromatic rings. The summed E-state index contributed by atoms with van der Waals surface area (Å²) in [6, 6.07) is 8.41. The number of nitrogens with two attached hydrogens (primary N) is 1. The molecule has 12 heteroatoms. The van der Waals surface area contributed by atoms with Crippen LogP contribution in [0.2, 0.25) is 0 Å². The molecule has 2 aliphatic heterocycles. The molecule has 4 unspecified atom stereocenters. The van der Waals surface area contributed by atoms with Gasteiger partial charge in [-0.2, -0.15) is 0 Å². The Hall–Kier alpha value is -3.48. The number of para-hydroxylation sites is 1. The summed E-state index contributed by atoms with van der Waals surface area (Å²) in [5, 5.41) is 17.4. The second-order valence-corrected chi connectivity index (χ2v) is 8.17. The molecule has 0 radical (unpaired) electrons. The summed E-state index contributed by atoms with van der Waals surface area (Å²) in [4.78, 5) is 31.5. The molecule has 2 saturated heterocycles. The van der Waals surface area contributed by atoms with Gasteiger partial charge in [-0.25, -0.2) is 14.8 Å². The number of carbonyl (C=O) groups is 2. The smallest absolute Gasteiger partial charge is 0.324 e. The number of aromatic nitrogens is 2. The topological polar surface area (TPSA) is 170 Å². The predicted octanol–water partition coefficient (Wildman–Crippen LogP) is 2.22. The lowest BCUT2D eigenvalue weighted by molar-refractivity contribution is -0.184. The Labute approximate surface area is 189 Å². The Kier molecular flexibility index (Phi) is 6.31. The third-order valence-corrected chi connectivity index (χ3v) is 5.22. The van der Waals surface area contributed by atoms with Crippen molar-refractivity contribution in [3.05, 3.63) is 36.7 Å². The van der Waals surface area contributed by atoms with Crippen LogP contribution in [0.4, 0.5) is 27.8 Å². The first-order chi connectivity index (χ1) is 15.7. The van der Waals surface area contributed by atoms with Crippen LogP contribution in [-0.2, 0) is 19.0 Å². The van der Waals surface area contributed by atoms with Crippen LogP contribution in [-0.4, -0.2) is 57.4 Å². The van der Waals surface area contributed by atoms with Crippen LogP contribution in [0.15, 0.2) is 36.7 Å². The molecule has 0 bridgehead atoms. The van der Waals surface area contributed by atoms with E-state index in [9.17, 15) is 9.59 Å². The van der Waals surface area contributed by atoms with E-state index in [2.05, 4.69) is 25.9 Å². The third-order valence-electron chi connectivity index (χ3n) is 5.22. The number of urea groups is 1. The zero-order valence-corrected chi connectivity index (χ0v) is 18.1. The number of fused-ring (bicyclic) bond motifs is 1. The SMILES string of the molecule is CC1(C)OC2C(CCC(=O)O)OC(Nc3ncnc(NC(=O)Nc4ccccc4)c3N)C2O1. The number of hydrogen-bond donors (Lipinski definition) is 5. The minimum absolute atomic E-state index is 0.0648. The normalized spacial score (nSPS) is 25.3. The van der Waals surface area contributed by atoms with Crippen LogP contribution >= 0.6 is 0 Å². The Bertz CT molecular complexity index is 1020. The zero-order chi connectivity index (χ0) is 23.6. The quantitative estimate of drug-likeness (QED) is 0.414. The molecule has 2 fully saturated rings. The molecule has 2 amide bonds. The highest BCUT2D eigenvalue weighted by Gasteiger charge is 2.55. The second-order valence-electron chi connectivity index (χ2n) is 8.17. The van der Waals surface area contributed by atoms with E-state index in [-0.39, 0.29) is 30.2 Å². The van der Waals surface area contributed by atoms with Gasteiger partial charge in [0.1, 0.15) is 24.2 Å². The van der Waals surface area contributed by atoms with Crippen molar-refractivity contribution in [2.45, 2.75) is 57.0 Å². The highest BCUT2D eigenvalue weighted by molar-refractivity contribution is 6.01. The van der Waals surface area contributed by atoms with Crippen molar-refractivity contribution in [2.75, 3.05) is 21.7 Å². The number of nitrogens with zero attached hydrogens (tertiary/aromatic N) is 2. The predicted molar refractivity (Wildman–Crippen MR) is 119 cm³/mol. The van der Waals surface area contributed by atoms with Gasteiger partial charge in [0.2, 0.25) is 0 Å². The summed E-state index contributed by atoms with van der Waals surface area (Å²) in [6.07, 6.45) is -0.687. The number of hydrogen-bond acceptors (Lipinski definition) is 9. The molecular formula is C21H26N6O6. The minimum atomic E-state index is -0.922. The number of carboxylic acids is 1. The number of nitrogen functional groups attached to an aromatic ring is 1. The van der Waals surface area contributed by atoms with Crippen molar-refractivity contribution < 1.29 is 28.9 Å². The molecule has 0 aliphatic carbocycles. The van der Waals surface area contributed by atoms with Gasteiger partial charge in [0.25, 0.3) is 0 Å². The van der Waals surface area contributed by atoms with Gasteiger partial charge < -0.3 is 35.7 Å². The van der Waals surface area contributed by atoms with Crippen LogP contribution in [0.5, 0.6) is 0 Å². The van der Waals surface area contributed by atoms with Crippen molar-refractivity contribution in [3.8, 4) is 0 Å². The lowest BCUT2D eigenvalue weighted by atomic mass is 10.1. The van der Waals surface area contributed by atoms with Crippen molar-refractivity contribution in [1.29, 1.82) is 0 Å². The van der Waals surface area contributed by atoms with Crippen LogP contribution in [0, 0.1) is 0 Å². The third kappa shape index (κ3) is 5.30. The molecule has 0 saturated carbocycles. The van der Waals surface area contributed by atoms with E-state index >= 15 is 0 Å². The lowest BCUT2D eigenvalue weighted by Crippen LogP contribution is -2.35. The van der Waals surface area contributed by atoms with E-state index in [0.717, 1.165) is 0 Å². The number of carboxylic acid groups (broad SMARTS) is 1. The number of benzene rings is 1. The fourth-order valence-electron chi connectivity index (χ4n) is 3.83. The average Bonchev–Trinajstić information content (AvgIpc) is 3.23. The van der Waals surface area contributed by atoms with Gasteiger partial charge in [-0.1, -0.05) is 18.2 Å². The standard InChI is InChI=1S/C21H26N6O6/c1-21(2)32-15-12(8-9-13(28)29)31-19(16(15)33-21)26-17-14(22)18(24-10-23-17)27-20(30)25-11-6-4-3-5-7-11/h3-7,10,12,15-16,19H,8-9,22H2,1-2H3,(H,28,29)(H3,23,24,25,26,27,30). The first-order valence-electron chi connectivity index (χ1n) is 10.4. The van der Waals surface area contributed by atoms with E-state index in [1.54, 1.807) is 38.1 Å². The molecule has 176 valence electrons. The van der Waals surface area contributed by atoms with E-state index in [1.165, 1.54) is 6.33 Å². The highest BCUT2D eigenvalue weighted by Crippen LogP contribution is 2.40. The number of amides is 2. The van der Waals surface area contributed by atoms with E-state index in [4.69, 9.17) is 25.1 Å². The molecule has 0 spiro atoms. The number of aliphatic carboxylic acids is 1. The maximum absolute atomic E-state index is 12.3. The molecule has 1 aromatic carbocycles. The zero-order valence-electron chi connectivity index (χ0n) is 18.1. The number of carbonyl (C=O) groups excluding carboxylic acids is 1. The summed E-state index contributed by atoms with van der Waals surface area (Å²) >= 11 is 0. The van der Waals surface area contributed by atoms with Crippen molar-refractivity contribution in [3.63, 3.8) is 0 Å². The van der Waals surface area contributed by atoms with Crippen molar-refractivity contribution in [2.24, 2.45) is 0 Å². The van der Waals surface area contributed by atoms with Crippen LogP contribution in [0.1, 0.15) is 26.7 Å². The van der Waals surface area contributed by atoms with Gasteiger partial charge in [0.15, 0.2) is 23.7 Å². The summed E-state index contributed by atoms with van der Waals surface area (Å²) in [7, 11) is 0. The molecular weight excluding hydrogens is 432 g/mol. The Morgan fingerprint density at radius 2 is 1.79 bits per heavy atom. The summed E-state index contributed by atoms with van der Waals surface area (Å²) in [5.41, 5.74) is 6.91. The van der Waals surface area contributed by atoms with Crippen LogP contribution in [0.25, 0.3) is 0 Å². The second kappa shape index (κ2) is 9.17. The van der Waals surface area contributed by atoms with E-state index in [1.807, 2.05) is 6.07 Å². The maximum Gasteiger partial charge on any atom is 0.324 e. The van der Waals surface area contributed by atoms with E-state index in [0.29, 0.717) is 5.69 Å². The van der Waals surface area contributed by atoms with Gasteiger partial charge in [0.05, 0.1) is 6.10 Å². The molecule has 33 heavy (non-hydrogen) atoms. The van der Waals surface area contributed by atoms with E-state index < -0.39 is 42.3 Å². The molecule has 12 nitrogen and oxygen atoms in total. The first kappa shape index (κ1) is 22.7. The molecule has 4 atom stereocenters. The Morgan fingerprint density at radius 3 is 2.52 bits per heavy atom. The largest absolute Gasteiger partial charge is 0.481 e. The van der Waals surface area contributed by atoms with Gasteiger partial charge in [-0.05, 0) is 32.4 Å². The molecule has 2 aliphatic rings. The summed E-state index contributed by atoms with van der Waals surface area (Å²) in [6.45, 7) is 3.56. The fraction of sp³-hybridized carbons (Fsp3) is 0.429. The summed E-state index contributed by atoms with van der Waals surface area (Å²) < 4.78 is 17.9. The van der Waals surface area contributed by atoms with Gasteiger partial charge in [-0.15, -0.1) is 0 Å². The Balaban J connectivity index is 1.46. The lowest BCUT2D eigenvalue weighted by Gasteiger charge is -2.25. The fourth-order valence-corrected chi connectivity index (χ4v) is 3.83. The van der Waals surface area contributed by atoms with Gasteiger partial charge in [0, 0.05) is 12.1 Å². The number of anilines is 4. The molecule has 1 aromatic heterocycles. The molecule has 3 heterocycles. The number of rotatable bonds is 7. The van der Waals surface area contributed by atoms with Gasteiger partial charge >= 0.3 is 12.0 Å². The number of ether oxygens (including phenoxy) is 3. The molecule has 6 N–H and O–H groups in total. The average molecular weight is 458 g/mol. The number of nitrogens with one attached hydrogen (secondary N) is 3. The van der Waals surface area contributed by atoms with Crippen molar-refractivity contribution >= 4 is 35.0 Å². The van der Waals surface area contributed by atoms with Crippen molar-refractivity contribution in [1.82, 2.24) is 9.97 Å². The monoisotopic (exact) mass is 458 g/mol. The van der Waals surface area contributed by atoms with Gasteiger partial charge in [-0.3, -0.25) is 10.1 Å². The molecule has 4 rings (SSSR count).